The summed E-state index contributed by atoms with van der Waals surface area (Å²) >= 11 is 0. The molecular weight excluding hydrogens is 344 g/mol. The second-order valence-corrected chi connectivity index (χ2v) is 8.16. The minimum Gasteiger partial charge on any atom is -0.444 e. The van der Waals surface area contributed by atoms with Crippen LogP contribution in [0.4, 0.5) is 13.6 Å². The summed E-state index contributed by atoms with van der Waals surface area (Å²) in [5.41, 5.74) is -3.89. The maximum atomic E-state index is 14.6. The fraction of sp³-hybridized carbons (Fsp3) is 0.632. The highest BCUT2D eigenvalue weighted by Gasteiger charge is 2.57. The Labute approximate surface area is 152 Å². The molecule has 1 aliphatic rings. The molecule has 5 nitrogen and oxygen atoms in total. The second kappa shape index (κ2) is 7.12. The van der Waals surface area contributed by atoms with E-state index in [1.165, 1.54) is 32.0 Å². The second-order valence-electron chi connectivity index (χ2n) is 8.16. The molecule has 26 heavy (non-hydrogen) atoms. The van der Waals surface area contributed by atoms with Gasteiger partial charge in [0.25, 0.3) is 0 Å². The fourth-order valence-corrected chi connectivity index (χ4v) is 3.41. The molecule has 1 aliphatic heterocycles. The smallest absolute Gasteiger partial charge is 0.408 e. The number of alkyl carbamates (subject to hydrolysis) is 1. The van der Waals surface area contributed by atoms with E-state index in [1.807, 2.05) is 0 Å². The molecule has 1 fully saturated rings. The Balaban J connectivity index is 2.50. The lowest BCUT2D eigenvalue weighted by Gasteiger charge is -2.38. The van der Waals surface area contributed by atoms with E-state index in [-0.39, 0.29) is 12.2 Å². The van der Waals surface area contributed by atoms with Gasteiger partial charge in [-0.2, -0.15) is 0 Å². The van der Waals surface area contributed by atoms with E-state index in [0.29, 0.717) is 0 Å². The van der Waals surface area contributed by atoms with Crippen LogP contribution in [-0.4, -0.2) is 41.8 Å². The lowest BCUT2D eigenvalue weighted by atomic mass is 9.75. The largest absolute Gasteiger partial charge is 0.444 e. The van der Waals surface area contributed by atoms with Crippen molar-refractivity contribution < 1.29 is 28.2 Å². The number of carbonyl (C=O) groups excluding carboxylic acids is 1. The molecule has 0 aliphatic carbocycles. The Morgan fingerprint density at radius 1 is 1.35 bits per heavy atom. The van der Waals surface area contributed by atoms with Crippen LogP contribution in [-0.2, 0) is 15.0 Å². The van der Waals surface area contributed by atoms with Gasteiger partial charge in [-0.3, -0.25) is 0 Å². The van der Waals surface area contributed by atoms with Crippen molar-refractivity contribution in [2.75, 3.05) is 13.2 Å². The van der Waals surface area contributed by atoms with Gasteiger partial charge in [0, 0.05) is 11.5 Å². The lowest BCUT2D eigenvalue weighted by molar-refractivity contribution is -0.0344. The van der Waals surface area contributed by atoms with Gasteiger partial charge in [-0.05, 0) is 40.7 Å². The number of halogens is 2. The lowest BCUT2D eigenvalue weighted by Crippen LogP contribution is -2.56. The molecule has 2 N–H and O–H groups in total. The zero-order valence-corrected chi connectivity index (χ0v) is 15.8. The van der Waals surface area contributed by atoms with Crippen molar-refractivity contribution in [1.82, 2.24) is 5.32 Å². The molecule has 0 spiro atoms. The molecule has 0 radical (unpaired) electrons. The van der Waals surface area contributed by atoms with E-state index in [9.17, 15) is 18.7 Å². The van der Waals surface area contributed by atoms with Gasteiger partial charge < -0.3 is 19.9 Å². The molecule has 1 aromatic carbocycles. The molecule has 0 aromatic heterocycles. The zero-order valence-electron chi connectivity index (χ0n) is 15.8. The van der Waals surface area contributed by atoms with Crippen molar-refractivity contribution in [1.29, 1.82) is 0 Å². The Hall–Kier alpha value is -1.73. The number of ether oxygens (including phenoxy) is 2. The summed E-state index contributed by atoms with van der Waals surface area (Å²) in [6.45, 7) is 7.06. The molecule has 7 heteroatoms. The molecule has 1 aromatic rings. The highest BCUT2D eigenvalue weighted by molar-refractivity contribution is 5.69. The number of amides is 1. The van der Waals surface area contributed by atoms with Crippen LogP contribution in [0.2, 0.25) is 0 Å². The van der Waals surface area contributed by atoms with Crippen LogP contribution in [0.15, 0.2) is 24.3 Å². The SMILES string of the molecule is CC(C)(C)OC(=O)N[C@@]1(c2ccccc2F)COC(C(C)(C)F)[C@H]1CO. The van der Waals surface area contributed by atoms with E-state index in [4.69, 9.17) is 9.47 Å². The summed E-state index contributed by atoms with van der Waals surface area (Å²) in [5, 5.41) is 12.6. The van der Waals surface area contributed by atoms with E-state index in [1.54, 1.807) is 26.8 Å². The highest BCUT2D eigenvalue weighted by Crippen LogP contribution is 2.44. The van der Waals surface area contributed by atoms with Gasteiger partial charge in [0.15, 0.2) is 0 Å². The Kier molecular flexibility index (Phi) is 5.63. The third kappa shape index (κ3) is 4.15. The monoisotopic (exact) mass is 371 g/mol. The van der Waals surface area contributed by atoms with Crippen molar-refractivity contribution in [2.24, 2.45) is 5.92 Å². The molecule has 146 valence electrons. The first-order valence-electron chi connectivity index (χ1n) is 8.58. The molecule has 3 atom stereocenters. The number of alkyl halides is 1. The number of benzene rings is 1. The predicted octanol–water partition coefficient (Wildman–Crippen LogP) is 3.30. The predicted molar refractivity (Wildman–Crippen MR) is 93.0 cm³/mol. The van der Waals surface area contributed by atoms with Gasteiger partial charge in [0.05, 0.1) is 19.3 Å². The average molecular weight is 371 g/mol. The van der Waals surface area contributed by atoms with Crippen molar-refractivity contribution in [3.8, 4) is 0 Å². The standard InChI is InChI=1S/C19H27F2NO4/c1-17(2,3)26-16(24)22-19(12-8-6-7-9-14(12)20)11-25-15(13(19)10-23)18(4,5)21/h6-9,13,15,23H,10-11H2,1-5H3,(H,22,24)/t13-,15?,19-/m1/s1. The van der Waals surface area contributed by atoms with E-state index < -0.39 is 47.3 Å². The van der Waals surface area contributed by atoms with Gasteiger partial charge in [-0.1, -0.05) is 18.2 Å². The first-order chi connectivity index (χ1) is 11.9. The number of aliphatic hydroxyl groups is 1. The van der Waals surface area contributed by atoms with Crippen molar-refractivity contribution >= 4 is 6.09 Å². The van der Waals surface area contributed by atoms with Crippen molar-refractivity contribution in [3.63, 3.8) is 0 Å². The molecular formula is C19H27F2NO4. The summed E-state index contributed by atoms with van der Waals surface area (Å²) in [6, 6.07) is 5.86. The first kappa shape index (κ1) is 20.6. The van der Waals surface area contributed by atoms with E-state index in [0.717, 1.165) is 0 Å². The minimum atomic E-state index is -1.80. The van der Waals surface area contributed by atoms with E-state index >= 15 is 0 Å². The Morgan fingerprint density at radius 2 is 1.96 bits per heavy atom. The first-order valence-corrected chi connectivity index (χ1v) is 8.58. The van der Waals surface area contributed by atoms with Gasteiger partial charge >= 0.3 is 6.09 Å². The molecule has 0 bridgehead atoms. The Morgan fingerprint density at radius 3 is 2.46 bits per heavy atom. The van der Waals surface area contributed by atoms with Crippen LogP contribution in [0.1, 0.15) is 40.2 Å². The molecule has 1 saturated heterocycles. The van der Waals surface area contributed by atoms with Gasteiger partial charge in [-0.15, -0.1) is 0 Å². The normalized spacial score (nSPS) is 26.6. The molecule has 2 rings (SSSR count). The number of nitrogens with one attached hydrogen (secondary N) is 1. The fourth-order valence-electron chi connectivity index (χ4n) is 3.41. The summed E-state index contributed by atoms with van der Waals surface area (Å²) in [4.78, 5) is 12.4. The maximum absolute atomic E-state index is 14.6. The Bertz CT molecular complexity index is 654. The summed E-state index contributed by atoms with van der Waals surface area (Å²) in [5.74, 6) is -1.48. The number of carbonyl (C=O) groups is 1. The number of hydrogen-bond acceptors (Lipinski definition) is 4. The van der Waals surface area contributed by atoms with Crippen molar-refractivity contribution in [2.45, 2.75) is 57.5 Å². The minimum absolute atomic E-state index is 0.122. The highest BCUT2D eigenvalue weighted by atomic mass is 19.1. The van der Waals surface area contributed by atoms with Crippen molar-refractivity contribution in [3.05, 3.63) is 35.6 Å². The third-order valence-corrected chi connectivity index (χ3v) is 4.44. The average Bonchev–Trinajstić information content (AvgIpc) is 2.84. The zero-order chi connectivity index (χ0) is 19.8. The topological polar surface area (TPSA) is 67.8 Å². The maximum Gasteiger partial charge on any atom is 0.408 e. The van der Waals surface area contributed by atoms with Crippen LogP contribution in [0.5, 0.6) is 0 Å². The van der Waals surface area contributed by atoms with Crippen LogP contribution in [0.3, 0.4) is 0 Å². The van der Waals surface area contributed by atoms with Gasteiger partial charge in [0.1, 0.15) is 22.6 Å². The number of aliphatic hydroxyl groups excluding tert-OH is 1. The number of hydrogen-bond donors (Lipinski definition) is 2. The number of rotatable bonds is 4. The van der Waals surface area contributed by atoms with Crippen LogP contribution >= 0.6 is 0 Å². The van der Waals surface area contributed by atoms with Crippen LogP contribution in [0, 0.1) is 11.7 Å². The summed E-state index contributed by atoms with van der Waals surface area (Å²) in [6.07, 6.45) is -1.82. The summed E-state index contributed by atoms with van der Waals surface area (Å²) < 4.78 is 40.1. The molecule has 1 amide bonds. The van der Waals surface area contributed by atoms with E-state index in [2.05, 4.69) is 5.32 Å². The molecule has 1 unspecified atom stereocenters. The quantitative estimate of drug-likeness (QED) is 0.852. The van der Waals surface area contributed by atoms with Crippen LogP contribution < -0.4 is 5.32 Å². The van der Waals surface area contributed by atoms with Crippen LogP contribution in [0.25, 0.3) is 0 Å². The molecule has 1 heterocycles. The third-order valence-electron chi connectivity index (χ3n) is 4.44. The van der Waals surface area contributed by atoms with Gasteiger partial charge in [-0.25, -0.2) is 13.6 Å². The molecule has 0 saturated carbocycles. The van der Waals surface area contributed by atoms with Gasteiger partial charge in [0.2, 0.25) is 0 Å². The summed E-state index contributed by atoms with van der Waals surface area (Å²) in [7, 11) is 0.